The van der Waals surface area contributed by atoms with Crippen LogP contribution in [0.25, 0.3) is 0 Å². The fourth-order valence-electron chi connectivity index (χ4n) is 1.27. The summed E-state index contributed by atoms with van der Waals surface area (Å²) in [6.07, 6.45) is 6.30. The van der Waals surface area contributed by atoms with Crippen LogP contribution in [0, 0.1) is 6.92 Å². The van der Waals surface area contributed by atoms with E-state index in [-0.39, 0.29) is 5.91 Å². The minimum absolute atomic E-state index is 0.273. The van der Waals surface area contributed by atoms with E-state index in [0.29, 0.717) is 12.5 Å². The van der Waals surface area contributed by atoms with Gasteiger partial charge >= 0.3 is 0 Å². The minimum Gasteiger partial charge on any atom is -0.343 e. The topological polar surface area (TPSA) is 20.3 Å². The van der Waals surface area contributed by atoms with Gasteiger partial charge < -0.3 is 4.90 Å². The van der Waals surface area contributed by atoms with Crippen LogP contribution in [0.4, 0.5) is 0 Å². The Morgan fingerprint density at radius 3 is 2.29 bits per heavy atom. The summed E-state index contributed by atoms with van der Waals surface area (Å²) in [6.45, 7) is 7.88. The standard InChI is InChI=1S/C12H24NO/c1-5-6-7-8-9-10-12(14)13(4)11(2)3/h11H,1,5-10H2,2-4H3. The lowest BCUT2D eigenvalue weighted by atomic mass is 10.1. The van der Waals surface area contributed by atoms with Gasteiger partial charge in [-0.25, -0.2) is 0 Å². The number of rotatable bonds is 7. The first-order valence-electron chi connectivity index (χ1n) is 5.64. The van der Waals surface area contributed by atoms with E-state index in [9.17, 15) is 4.79 Å². The molecule has 0 aliphatic carbocycles. The van der Waals surface area contributed by atoms with Gasteiger partial charge in [0.25, 0.3) is 0 Å². The Morgan fingerprint density at radius 1 is 1.21 bits per heavy atom. The van der Waals surface area contributed by atoms with Gasteiger partial charge in [-0.3, -0.25) is 4.79 Å². The predicted molar refractivity (Wildman–Crippen MR) is 61.0 cm³/mol. The molecule has 0 atom stereocenters. The van der Waals surface area contributed by atoms with Crippen LogP contribution < -0.4 is 0 Å². The fraction of sp³-hybridized carbons (Fsp3) is 0.833. The molecular formula is C12H24NO. The summed E-state index contributed by atoms with van der Waals surface area (Å²) in [5, 5.41) is 0. The third-order valence-corrected chi connectivity index (χ3v) is 2.56. The molecule has 0 saturated heterocycles. The summed E-state index contributed by atoms with van der Waals surface area (Å²) in [5.41, 5.74) is 0. The van der Waals surface area contributed by atoms with Gasteiger partial charge in [-0.2, -0.15) is 0 Å². The molecule has 83 valence electrons. The lowest BCUT2D eigenvalue weighted by Crippen LogP contribution is -2.32. The SMILES string of the molecule is [CH2]CCCCCCC(=O)N(C)C(C)C. The maximum atomic E-state index is 11.5. The Bertz CT molecular complexity index is 154. The van der Waals surface area contributed by atoms with Crippen LogP contribution in [-0.2, 0) is 4.79 Å². The highest BCUT2D eigenvalue weighted by molar-refractivity contribution is 5.76. The molecule has 0 saturated carbocycles. The molecule has 2 nitrogen and oxygen atoms in total. The van der Waals surface area contributed by atoms with E-state index in [1.807, 2.05) is 25.8 Å². The van der Waals surface area contributed by atoms with E-state index < -0.39 is 0 Å². The van der Waals surface area contributed by atoms with Gasteiger partial charge in [-0.15, -0.1) is 0 Å². The van der Waals surface area contributed by atoms with Crippen LogP contribution >= 0.6 is 0 Å². The second-order valence-electron chi connectivity index (χ2n) is 4.12. The smallest absolute Gasteiger partial charge is 0.222 e. The maximum Gasteiger partial charge on any atom is 0.222 e. The van der Waals surface area contributed by atoms with Crippen molar-refractivity contribution in [1.29, 1.82) is 0 Å². The molecule has 0 N–H and O–H groups in total. The molecular weight excluding hydrogens is 174 g/mol. The minimum atomic E-state index is 0.273. The van der Waals surface area contributed by atoms with E-state index in [0.717, 1.165) is 19.3 Å². The zero-order valence-corrected chi connectivity index (χ0v) is 9.88. The molecule has 0 spiro atoms. The molecule has 0 fully saturated rings. The molecule has 2 heteroatoms. The molecule has 0 aromatic rings. The molecule has 0 aliphatic heterocycles. The highest BCUT2D eigenvalue weighted by atomic mass is 16.2. The average Bonchev–Trinajstić information content (AvgIpc) is 2.16. The number of carbonyl (C=O) groups is 1. The van der Waals surface area contributed by atoms with E-state index in [2.05, 4.69) is 6.92 Å². The summed E-state index contributed by atoms with van der Waals surface area (Å²) >= 11 is 0. The highest BCUT2D eigenvalue weighted by Gasteiger charge is 2.10. The largest absolute Gasteiger partial charge is 0.343 e. The summed E-state index contributed by atoms with van der Waals surface area (Å²) < 4.78 is 0. The van der Waals surface area contributed by atoms with Gasteiger partial charge in [0.15, 0.2) is 0 Å². The Kier molecular flexibility index (Phi) is 7.54. The predicted octanol–water partition coefficient (Wildman–Crippen LogP) is 3.03. The molecule has 1 amide bonds. The summed E-state index contributed by atoms with van der Waals surface area (Å²) in [5.74, 6) is 0.273. The van der Waals surface area contributed by atoms with Crippen LogP contribution in [0.2, 0.25) is 0 Å². The van der Waals surface area contributed by atoms with Gasteiger partial charge in [0, 0.05) is 19.5 Å². The summed E-state index contributed by atoms with van der Waals surface area (Å²) in [7, 11) is 1.88. The van der Waals surface area contributed by atoms with Crippen molar-refractivity contribution in [2.75, 3.05) is 7.05 Å². The fourth-order valence-corrected chi connectivity index (χ4v) is 1.27. The lowest BCUT2D eigenvalue weighted by Gasteiger charge is -2.21. The second-order valence-corrected chi connectivity index (χ2v) is 4.12. The van der Waals surface area contributed by atoms with Gasteiger partial charge in [-0.1, -0.05) is 32.6 Å². The first-order valence-corrected chi connectivity index (χ1v) is 5.64. The maximum absolute atomic E-state index is 11.5. The van der Waals surface area contributed by atoms with Crippen molar-refractivity contribution >= 4 is 5.91 Å². The van der Waals surface area contributed by atoms with E-state index in [1.54, 1.807) is 0 Å². The van der Waals surface area contributed by atoms with Crippen LogP contribution in [0.5, 0.6) is 0 Å². The first-order chi connectivity index (χ1) is 6.59. The molecule has 0 aliphatic rings. The van der Waals surface area contributed by atoms with Crippen molar-refractivity contribution in [3.8, 4) is 0 Å². The normalized spacial score (nSPS) is 10.6. The molecule has 0 bridgehead atoms. The van der Waals surface area contributed by atoms with Crippen molar-refractivity contribution in [3.05, 3.63) is 6.92 Å². The number of amides is 1. The molecule has 0 unspecified atom stereocenters. The summed E-state index contributed by atoms with van der Waals surface area (Å²) in [4.78, 5) is 13.4. The monoisotopic (exact) mass is 198 g/mol. The Labute approximate surface area is 88.7 Å². The van der Waals surface area contributed by atoms with Gasteiger partial charge in [0.2, 0.25) is 5.91 Å². The van der Waals surface area contributed by atoms with E-state index >= 15 is 0 Å². The molecule has 0 aromatic heterocycles. The van der Waals surface area contributed by atoms with Gasteiger partial charge in [0.1, 0.15) is 0 Å². The van der Waals surface area contributed by atoms with Crippen LogP contribution in [-0.4, -0.2) is 23.9 Å². The molecule has 1 radical (unpaired) electrons. The summed E-state index contributed by atoms with van der Waals surface area (Å²) in [6, 6.07) is 0.322. The zero-order chi connectivity index (χ0) is 11.0. The van der Waals surface area contributed by atoms with Crippen LogP contribution in [0.15, 0.2) is 0 Å². The first kappa shape index (κ1) is 13.5. The Hall–Kier alpha value is -0.530. The molecule has 0 aromatic carbocycles. The lowest BCUT2D eigenvalue weighted by molar-refractivity contribution is -0.131. The van der Waals surface area contributed by atoms with Gasteiger partial charge in [-0.05, 0) is 20.3 Å². The Morgan fingerprint density at radius 2 is 1.79 bits per heavy atom. The number of carbonyl (C=O) groups excluding carboxylic acids is 1. The van der Waals surface area contributed by atoms with Crippen LogP contribution in [0.1, 0.15) is 52.4 Å². The van der Waals surface area contributed by atoms with Crippen molar-refractivity contribution in [2.24, 2.45) is 0 Å². The average molecular weight is 198 g/mol. The second kappa shape index (κ2) is 7.84. The van der Waals surface area contributed by atoms with Crippen molar-refractivity contribution in [1.82, 2.24) is 4.90 Å². The number of unbranched alkanes of at least 4 members (excludes halogenated alkanes) is 4. The van der Waals surface area contributed by atoms with Crippen molar-refractivity contribution in [3.63, 3.8) is 0 Å². The quantitative estimate of drug-likeness (QED) is 0.576. The van der Waals surface area contributed by atoms with E-state index in [1.165, 1.54) is 12.8 Å². The van der Waals surface area contributed by atoms with Crippen molar-refractivity contribution in [2.45, 2.75) is 58.4 Å². The number of hydrogen-bond donors (Lipinski definition) is 0. The highest BCUT2D eigenvalue weighted by Crippen LogP contribution is 2.07. The van der Waals surface area contributed by atoms with Crippen LogP contribution in [0.3, 0.4) is 0 Å². The third kappa shape index (κ3) is 6.01. The number of nitrogens with zero attached hydrogens (tertiary/aromatic N) is 1. The molecule has 14 heavy (non-hydrogen) atoms. The third-order valence-electron chi connectivity index (χ3n) is 2.56. The van der Waals surface area contributed by atoms with Crippen molar-refractivity contribution < 1.29 is 4.79 Å². The zero-order valence-electron chi connectivity index (χ0n) is 9.88. The van der Waals surface area contributed by atoms with Gasteiger partial charge in [0.05, 0.1) is 0 Å². The Balaban J connectivity index is 3.44. The molecule has 0 heterocycles. The van der Waals surface area contributed by atoms with E-state index in [4.69, 9.17) is 0 Å². The molecule has 0 rings (SSSR count). The number of hydrogen-bond acceptors (Lipinski definition) is 1.